The van der Waals surface area contributed by atoms with Gasteiger partial charge in [0.1, 0.15) is 6.33 Å². The summed E-state index contributed by atoms with van der Waals surface area (Å²) in [5.41, 5.74) is 2.51. The molecule has 1 aromatic carbocycles. The molecular weight excluding hydrogens is 282 g/mol. The summed E-state index contributed by atoms with van der Waals surface area (Å²) in [6.07, 6.45) is 2.60. The number of amides is 1. The molecule has 1 aliphatic rings. The Morgan fingerprint density at radius 1 is 1.45 bits per heavy atom. The van der Waals surface area contributed by atoms with Gasteiger partial charge < -0.3 is 9.64 Å². The highest BCUT2D eigenvalue weighted by atomic mass is 16.5. The first-order valence-electron chi connectivity index (χ1n) is 7.44. The number of nitrogens with zero attached hydrogens (tertiary/aromatic N) is 5. The minimum Gasteiger partial charge on any atom is -0.375 e. The second kappa shape index (κ2) is 6.23. The third-order valence-electron chi connectivity index (χ3n) is 3.92. The maximum Gasteiger partial charge on any atom is 0.254 e. The Bertz CT molecular complexity index is 656. The largest absolute Gasteiger partial charge is 0.375 e. The molecule has 1 saturated heterocycles. The molecule has 7 heteroatoms. The first kappa shape index (κ1) is 14.6. The van der Waals surface area contributed by atoms with Crippen molar-refractivity contribution >= 4 is 5.91 Å². The third-order valence-corrected chi connectivity index (χ3v) is 3.92. The summed E-state index contributed by atoms with van der Waals surface area (Å²) in [7, 11) is 0. The maximum absolute atomic E-state index is 12.6. The molecule has 1 amide bonds. The predicted octanol–water partition coefficient (Wildman–Crippen LogP) is 1.22. The highest BCUT2D eigenvalue weighted by Gasteiger charge is 2.24. The van der Waals surface area contributed by atoms with Crippen molar-refractivity contribution in [3.05, 3.63) is 35.7 Å². The van der Waals surface area contributed by atoms with Gasteiger partial charge in [0.15, 0.2) is 0 Å². The molecule has 0 unspecified atom stereocenters. The van der Waals surface area contributed by atoms with Crippen LogP contribution in [0.4, 0.5) is 0 Å². The maximum atomic E-state index is 12.6. The predicted molar refractivity (Wildman–Crippen MR) is 79.8 cm³/mol. The Kier molecular flexibility index (Phi) is 4.15. The normalized spacial score (nSPS) is 18.5. The van der Waals surface area contributed by atoms with Gasteiger partial charge in [-0.2, -0.15) is 0 Å². The SMILES string of the molecule is CC[C@@H]1CN(C(=O)c2ccc(-n3cnnn3)c(C)c2)CCO1. The number of morpholine rings is 1. The molecule has 22 heavy (non-hydrogen) atoms. The van der Waals surface area contributed by atoms with Gasteiger partial charge in [0.2, 0.25) is 0 Å². The fourth-order valence-electron chi connectivity index (χ4n) is 2.65. The Hall–Kier alpha value is -2.28. The molecule has 0 saturated carbocycles. The summed E-state index contributed by atoms with van der Waals surface area (Å²) in [5, 5.41) is 11.1. The van der Waals surface area contributed by atoms with Gasteiger partial charge in [0.05, 0.1) is 18.4 Å². The Balaban J connectivity index is 1.80. The van der Waals surface area contributed by atoms with Gasteiger partial charge in [-0.05, 0) is 47.5 Å². The summed E-state index contributed by atoms with van der Waals surface area (Å²) in [6.45, 7) is 5.92. The van der Waals surface area contributed by atoms with Crippen LogP contribution in [-0.2, 0) is 4.74 Å². The topological polar surface area (TPSA) is 73.1 Å². The monoisotopic (exact) mass is 301 g/mol. The minimum atomic E-state index is 0.0492. The molecule has 116 valence electrons. The van der Waals surface area contributed by atoms with E-state index in [1.165, 1.54) is 6.33 Å². The zero-order valence-electron chi connectivity index (χ0n) is 12.8. The van der Waals surface area contributed by atoms with Gasteiger partial charge in [0, 0.05) is 18.7 Å². The number of aryl methyl sites for hydroxylation is 1. The van der Waals surface area contributed by atoms with Crippen molar-refractivity contribution in [1.29, 1.82) is 0 Å². The zero-order chi connectivity index (χ0) is 15.5. The second-order valence-corrected chi connectivity index (χ2v) is 5.41. The lowest BCUT2D eigenvalue weighted by Gasteiger charge is -2.32. The molecule has 2 heterocycles. The Labute approximate surface area is 128 Å². The number of benzene rings is 1. The lowest BCUT2D eigenvalue weighted by molar-refractivity contribution is -0.0226. The molecule has 3 rings (SSSR count). The van der Waals surface area contributed by atoms with E-state index in [1.54, 1.807) is 4.68 Å². The van der Waals surface area contributed by atoms with Crippen LogP contribution in [-0.4, -0.2) is 56.8 Å². The van der Waals surface area contributed by atoms with Gasteiger partial charge in [-0.3, -0.25) is 4.79 Å². The third kappa shape index (κ3) is 2.85. The fraction of sp³-hybridized carbons (Fsp3) is 0.467. The minimum absolute atomic E-state index is 0.0492. The van der Waals surface area contributed by atoms with Crippen LogP contribution in [0, 0.1) is 6.92 Å². The van der Waals surface area contributed by atoms with Crippen LogP contribution in [0.25, 0.3) is 5.69 Å². The lowest BCUT2D eigenvalue weighted by atomic mass is 10.1. The second-order valence-electron chi connectivity index (χ2n) is 5.41. The van der Waals surface area contributed by atoms with E-state index >= 15 is 0 Å². The van der Waals surface area contributed by atoms with Gasteiger partial charge in [0.25, 0.3) is 5.91 Å². The molecule has 2 aromatic rings. The van der Waals surface area contributed by atoms with E-state index in [-0.39, 0.29) is 12.0 Å². The van der Waals surface area contributed by atoms with Crippen LogP contribution in [0.2, 0.25) is 0 Å². The first-order chi connectivity index (χ1) is 10.7. The number of rotatable bonds is 3. The number of aromatic nitrogens is 4. The molecule has 0 N–H and O–H groups in total. The van der Waals surface area contributed by atoms with E-state index in [0.29, 0.717) is 25.3 Å². The number of carbonyl (C=O) groups is 1. The summed E-state index contributed by atoms with van der Waals surface area (Å²) in [6, 6.07) is 5.58. The van der Waals surface area contributed by atoms with Crippen LogP contribution in [0.15, 0.2) is 24.5 Å². The van der Waals surface area contributed by atoms with Crippen molar-refractivity contribution in [2.24, 2.45) is 0 Å². The van der Waals surface area contributed by atoms with Gasteiger partial charge in [-0.1, -0.05) is 6.92 Å². The van der Waals surface area contributed by atoms with E-state index in [9.17, 15) is 4.79 Å². The summed E-state index contributed by atoms with van der Waals surface area (Å²) < 4.78 is 7.20. The molecule has 1 aliphatic heterocycles. The number of ether oxygens (including phenoxy) is 1. The van der Waals surface area contributed by atoms with Crippen molar-refractivity contribution in [2.45, 2.75) is 26.4 Å². The molecule has 1 aromatic heterocycles. The average molecular weight is 301 g/mol. The standard InChI is InChI=1S/C15H19N5O2/c1-3-13-9-19(6-7-22-13)15(21)12-4-5-14(11(2)8-12)20-10-16-17-18-20/h4-5,8,10,13H,3,6-7,9H2,1-2H3/t13-/m1/s1. The zero-order valence-corrected chi connectivity index (χ0v) is 12.8. The van der Waals surface area contributed by atoms with Crippen LogP contribution >= 0.6 is 0 Å². The Morgan fingerprint density at radius 2 is 2.32 bits per heavy atom. The van der Waals surface area contributed by atoms with Crippen LogP contribution < -0.4 is 0 Å². The molecular formula is C15H19N5O2. The number of tetrazole rings is 1. The summed E-state index contributed by atoms with van der Waals surface area (Å²) in [4.78, 5) is 14.5. The molecule has 1 atom stereocenters. The summed E-state index contributed by atoms with van der Waals surface area (Å²) in [5.74, 6) is 0.0492. The lowest BCUT2D eigenvalue weighted by Crippen LogP contribution is -2.45. The van der Waals surface area contributed by atoms with E-state index in [1.807, 2.05) is 30.0 Å². The molecule has 7 nitrogen and oxygen atoms in total. The van der Waals surface area contributed by atoms with E-state index < -0.39 is 0 Å². The van der Waals surface area contributed by atoms with E-state index in [2.05, 4.69) is 22.4 Å². The molecule has 0 radical (unpaired) electrons. The van der Waals surface area contributed by atoms with Crippen molar-refractivity contribution in [3.63, 3.8) is 0 Å². The van der Waals surface area contributed by atoms with Crippen LogP contribution in [0.5, 0.6) is 0 Å². The van der Waals surface area contributed by atoms with Gasteiger partial charge in [-0.25, -0.2) is 4.68 Å². The van der Waals surface area contributed by atoms with Crippen molar-refractivity contribution in [3.8, 4) is 5.69 Å². The van der Waals surface area contributed by atoms with Gasteiger partial charge in [-0.15, -0.1) is 5.10 Å². The van der Waals surface area contributed by atoms with Gasteiger partial charge >= 0.3 is 0 Å². The van der Waals surface area contributed by atoms with E-state index in [4.69, 9.17) is 4.74 Å². The molecule has 0 spiro atoms. The fourth-order valence-corrected chi connectivity index (χ4v) is 2.65. The van der Waals surface area contributed by atoms with Crippen molar-refractivity contribution < 1.29 is 9.53 Å². The average Bonchev–Trinajstić information content (AvgIpc) is 3.08. The highest BCUT2D eigenvalue weighted by Crippen LogP contribution is 2.17. The van der Waals surface area contributed by atoms with Crippen LogP contribution in [0.3, 0.4) is 0 Å². The number of hydrogen-bond donors (Lipinski definition) is 0. The highest BCUT2D eigenvalue weighted by molar-refractivity contribution is 5.94. The van der Waals surface area contributed by atoms with Crippen molar-refractivity contribution in [2.75, 3.05) is 19.7 Å². The van der Waals surface area contributed by atoms with Crippen LogP contribution in [0.1, 0.15) is 29.3 Å². The number of hydrogen-bond acceptors (Lipinski definition) is 5. The molecule has 0 aliphatic carbocycles. The molecule has 1 fully saturated rings. The van der Waals surface area contributed by atoms with E-state index in [0.717, 1.165) is 17.7 Å². The summed E-state index contributed by atoms with van der Waals surface area (Å²) >= 11 is 0. The molecule has 0 bridgehead atoms. The number of carbonyl (C=O) groups excluding carboxylic acids is 1. The van der Waals surface area contributed by atoms with Crippen molar-refractivity contribution in [1.82, 2.24) is 25.1 Å². The Morgan fingerprint density at radius 3 is 3.00 bits per heavy atom. The first-order valence-corrected chi connectivity index (χ1v) is 7.44. The smallest absolute Gasteiger partial charge is 0.254 e. The quantitative estimate of drug-likeness (QED) is 0.852.